The summed E-state index contributed by atoms with van der Waals surface area (Å²) in [4.78, 5) is 20.0. The second kappa shape index (κ2) is 13.0. The van der Waals surface area contributed by atoms with E-state index >= 15 is 0 Å². The second-order valence-electron chi connectivity index (χ2n) is 8.49. The number of nitrogen functional groups attached to an aromatic ring is 1. The van der Waals surface area contributed by atoms with Gasteiger partial charge < -0.3 is 30.2 Å². The molecule has 4 N–H and O–H groups in total. The number of ether oxygens (including phenoxy) is 3. The minimum absolute atomic E-state index is 0.0939. The Hall–Kier alpha value is -3.69. The summed E-state index contributed by atoms with van der Waals surface area (Å²) in [5.41, 5.74) is 8.62. The van der Waals surface area contributed by atoms with Crippen molar-refractivity contribution in [3.8, 4) is 11.5 Å². The van der Waals surface area contributed by atoms with E-state index in [-0.39, 0.29) is 5.56 Å². The lowest BCUT2D eigenvalue weighted by atomic mass is 10.2. The SMILES string of the molecule is COc1ccc(N)cc1.COc1ccc(Nc2ccc3c(=O)[nH]c(CSC4CCOCC4)nc3c2)cc1. The highest BCUT2D eigenvalue weighted by atomic mass is 32.2. The van der Waals surface area contributed by atoms with Gasteiger partial charge in [-0.1, -0.05) is 0 Å². The minimum Gasteiger partial charge on any atom is -0.497 e. The number of nitrogens with one attached hydrogen (secondary N) is 2. The molecule has 1 saturated heterocycles. The van der Waals surface area contributed by atoms with Gasteiger partial charge in [0.05, 0.1) is 30.9 Å². The Morgan fingerprint density at radius 1 is 0.973 bits per heavy atom. The maximum absolute atomic E-state index is 12.4. The molecule has 2 heterocycles. The molecular weight excluding hydrogens is 488 g/mol. The first-order valence-electron chi connectivity index (χ1n) is 12.1. The lowest BCUT2D eigenvalue weighted by molar-refractivity contribution is 0.1000. The van der Waals surface area contributed by atoms with Crippen molar-refractivity contribution < 1.29 is 14.2 Å². The number of rotatable bonds is 7. The first-order valence-corrected chi connectivity index (χ1v) is 13.1. The largest absolute Gasteiger partial charge is 0.497 e. The van der Waals surface area contributed by atoms with Gasteiger partial charge in [-0.3, -0.25) is 4.79 Å². The van der Waals surface area contributed by atoms with Crippen molar-refractivity contribution in [2.24, 2.45) is 0 Å². The molecule has 0 amide bonds. The number of nitrogens with two attached hydrogens (primary N) is 1. The van der Waals surface area contributed by atoms with E-state index in [9.17, 15) is 4.79 Å². The van der Waals surface area contributed by atoms with Crippen molar-refractivity contribution in [1.29, 1.82) is 0 Å². The fourth-order valence-corrected chi connectivity index (χ4v) is 4.87. The third kappa shape index (κ3) is 7.65. The number of nitrogens with zero attached hydrogens (tertiary/aromatic N) is 1. The van der Waals surface area contributed by atoms with E-state index in [0.717, 1.165) is 60.4 Å². The van der Waals surface area contributed by atoms with Crippen molar-refractivity contribution in [2.45, 2.75) is 23.8 Å². The van der Waals surface area contributed by atoms with Gasteiger partial charge >= 0.3 is 0 Å². The third-order valence-corrected chi connectivity index (χ3v) is 7.26. The second-order valence-corrected chi connectivity index (χ2v) is 9.78. The van der Waals surface area contributed by atoms with Gasteiger partial charge in [0, 0.05) is 35.5 Å². The molecule has 0 bridgehead atoms. The van der Waals surface area contributed by atoms with Gasteiger partial charge in [0.2, 0.25) is 0 Å². The van der Waals surface area contributed by atoms with Crippen molar-refractivity contribution in [3.63, 3.8) is 0 Å². The lowest BCUT2D eigenvalue weighted by Crippen LogP contribution is -2.18. The maximum Gasteiger partial charge on any atom is 0.258 e. The van der Waals surface area contributed by atoms with E-state index in [0.29, 0.717) is 21.9 Å². The number of H-pyrrole nitrogens is 1. The van der Waals surface area contributed by atoms with Crippen LogP contribution in [-0.2, 0) is 10.5 Å². The fraction of sp³-hybridized carbons (Fsp3) is 0.286. The summed E-state index contributed by atoms with van der Waals surface area (Å²) in [6, 6.07) is 20.6. The van der Waals surface area contributed by atoms with Gasteiger partial charge in [-0.05, 0) is 79.6 Å². The molecule has 3 aromatic carbocycles. The van der Waals surface area contributed by atoms with E-state index in [1.165, 1.54) is 0 Å². The van der Waals surface area contributed by atoms with Crippen molar-refractivity contribution in [2.75, 3.05) is 38.5 Å². The Morgan fingerprint density at radius 2 is 1.59 bits per heavy atom. The van der Waals surface area contributed by atoms with Gasteiger partial charge in [0.25, 0.3) is 5.56 Å². The molecule has 1 aliphatic heterocycles. The zero-order valence-corrected chi connectivity index (χ0v) is 21.8. The standard InChI is InChI=1S/C21H23N3O3S.C7H9NO/c1-26-16-5-2-14(3-6-16)22-15-4-7-18-19(12-15)23-20(24-21(18)25)13-28-17-8-10-27-11-9-17;1-9-7-4-2-6(8)3-5-7/h2-7,12,17,22H,8-11,13H2,1H3,(H,23,24,25);2-5H,8H2,1H3. The molecule has 37 heavy (non-hydrogen) atoms. The first kappa shape index (κ1) is 26.4. The highest BCUT2D eigenvalue weighted by Crippen LogP contribution is 2.26. The van der Waals surface area contributed by atoms with Gasteiger partial charge in [-0.2, -0.15) is 11.8 Å². The number of hydrogen-bond acceptors (Lipinski definition) is 8. The molecule has 5 rings (SSSR count). The Morgan fingerprint density at radius 3 is 2.24 bits per heavy atom. The predicted molar refractivity (Wildman–Crippen MR) is 151 cm³/mol. The van der Waals surface area contributed by atoms with Gasteiger partial charge in [0.1, 0.15) is 17.3 Å². The molecule has 0 spiro atoms. The fourth-order valence-electron chi connectivity index (χ4n) is 3.82. The Balaban J connectivity index is 0.000000301. The van der Waals surface area contributed by atoms with Crippen molar-refractivity contribution in [3.05, 3.63) is 82.9 Å². The van der Waals surface area contributed by atoms with Gasteiger partial charge in [-0.15, -0.1) is 0 Å². The minimum atomic E-state index is -0.0939. The molecule has 9 heteroatoms. The highest BCUT2D eigenvalue weighted by molar-refractivity contribution is 7.99. The molecule has 194 valence electrons. The zero-order valence-electron chi connectivity index (χ0n) is 21.0. The number of fused-ring (bicyclic) bond motifs is 1. The molecule has 1 fully saturated rings. The maximum atomic E-state index is 12.4. The van der Waals surface area contributed by atoms with Gasteiger partial charge in [0.15, 0.2) is 0 Å². The summed E-state index contributed by atoms with van der Waals surface area (Å²) in [5, 5.41) is 4.51. The number of thioether (sulfide) groups is 1. The number of benzene rings is 3. The Kier molecular flexibility index (Phi) is 9.29. The van der Waals surface area contributed by atoms with Crippen LogP contribution in [0.25, 0.3) is 10.9 Å². The van der Waals surface area contributed by atoms with E-state index < -0.39 is 0 Å². The number of methoxy groups -OCH3 is 2. The average molecular weight is 521 g/mol. The average Bonchev–Trinajstić information content (AvgIpc) is 2.93. The lowest BCUT2D eigenvalue weighted by Gasteiger charge is -2.21. The van der Waals surface area contributed by atoms with Crippen LogP contribution in [0.3, 0.4) is 0 Å². The molecule has 1 aromatic heterocycles. The monoisotopic (exact) mass is 520 g/mol. The summed E-state index contributed by atoms with van der Waals surface area (Å²) < 4.78 is 15.5. The molecule has 1 aliphatic rings. The molecule has 0 saturated carbocycles. The zero-order chi connectivity index (χ0) is 26.0. The van der Waals surface area contributed by atoms with Crippen LogP contribution in [0.5, 0.6) is 11.5 Å². The molecule has 4 aromatic rings. The van der Waals surface area contributed by atoms with E-state index in [1.54, 1.807) is 26.4 Å². The molecule has 0 aliphatic carbocycles. The third-order valence-electron chi connectivity index (χ3n) is 5.87. The van der Waals surface area contributed by atoms with Crippen LogP contribution in [0.15, 0.2) is 71.5 Å². The van der Waals surface area contributed by atoms with E-state index in [4.69, 9.17) is 19.9 Å². The van der Waals surface area contributed by atoms with Crippen LogP contribution in [0.1, 0.15) is 18.7 Å². The molecule has 0 unspecified atom stereocenters. The summed E-state index contributed by atoms with van der Waals surface area (Å²) >= 11 is 1.84. The predicted octanol–water partition coefficient (Wildman–Crippen LogP) is 5.36. The molecule has 0 radical (unpaired) electrons. The van der Waals surface area contributed by atoms with Crippen molar-refractivity contribution >= 4 is 39.7 Å². The van der Waals surface area contributed by atoms with Crippen LogP contribution in [0.2, 0.25) is 0 Å². The molecule has 0 atom stereocenters. The summed E-state index contributed by atoms with van der Waals surface area (Å²) in [6.45, 7) is 1.64. The van der Waals surface area contributed by atoms with Crippen LogP contribution in [-0.4, -0.2) is 42.7 Å². The first-order chi connectivity index (χ1) is 18.0. The topological polar surface area (TPSA) is 111 Å². The summed E-state index contributed by atoms with van der Waals surface area (Å²) in [6.07, 6.45) is 2.11. The Labute approximate surface area is 220 Å². The highest BCUT2D eigenvalue weighted by Gasteiger charge is 2.15. The summed E-state index contributed by atoms with van der Waals surface area (Å²) in [7, 11) is 3.28. The number of hydrogen-bond donors (Lipinski definition) is 3. The molecule has 8 nitrogen and oxygen atoms in total. The van der Waals surface area contributed by atoms with E-state index in [1.807, 2.05) is 66.4 Å². The number of anilines is 3. The van der Waals surface area contributed by atoms with Crippen LogP contribution < -0.4 is 26.1 Å². The number of aromatic amines is 1. The smallest absolute Gasteiger partial charge is 0.258 e. The van der Waals surface area contributed by atoms with Crippen LogP contribution in [0.4, 0.5) is 17.1 Å². The molecular formula is C28H32N4O4S. The van der Waals surface area contributed by atoms with E-state index in [2.05, 4.69) is 15.3 Å². The normalized spacial score (nSPS) is 13.5. The quantitative estimate of drug-likeness (QED) is 0.279. The summed E-state index contributed by atoms with van der Waals surface area (Å²) in [5.74, 6) is 3.06. The van der Waals surface area contributed by atoms with Gasteiger partial charge in [-0.25, -0.2) is 4.98 Å². The van der Waals surface area contributed by atoms with Crippen molar-refractivity contribution in [1.82, 2.24) is 9.97 Å². The van der Waals surface area contributed by atoms with Crippen LogP contribution >= 0.6 is 11.8 Å². The van der Waals surface area contributed by atoms with Crippen LogP contribution in [0, 0.1) is 0 Å². The Bertz CT molecular complexity index is 1340. The number of aromatic nitrogens is 2.